The Labute approximate surface area is 150 Å². The predicted molar refractivity (Wildman–Crippen MR) is 103 cm³/mol. The van der Waals surface area contributed by atoms with E-state index in [0.29, 0.717) is 0 Å². The van der Waals surface area contributed by atoms with Crippen molar-refractivity contribution in [3.8, 4) is 0 Å². The Morgan fingerprint density at radius 3 is 2.52 bits per heavy atom. The highest BCUT2D eigenvalue weighted by Gasteiger charge is 2.28. The molecule has 2 aromatic rings. The van der Waals surface area contributed by atoms with E-state index in [9.17, 15) is 4.79 Å². The summed E-state index contributed by atoms with van der Waals surface area (Å²) in [5.74, 6) is 0.146. The minimum atomic E-state index is 0.146. The van der Waals surface area contributed by atoms with Gasteiger partial charge in [-0.1, -0.05) is 48.5 Å². The van der Waals surface area contributed by atoms with Crippen LogP contribution < -0.4 is 5.73 Å². The van der Waals surface area contributed by atoms with E-state index in [-0.39, 0.29) is 18.0 Å². The maximum atomic E-state index is 13.3. The summed E-state index contributed by atoms with van der Waals surface area (Å²) in [4.78, 5) is 15.3. The molecule has 3 rings (SSSR count). The molecule has 3 heteroatoms. The molecule has 1 aliphatic carbocycles. The third kappa shape index (κ3) is 4.29. The zero-order valence-corrected chi connectivity index (χ0v) is 15.0. The third-order valence-electron chi connectivity index (χ3n) is 5.21. The summed E-state index contributed by atoms with van der Waals surface area (Å²) in [5.41, 5.74) is 9.30. The number of nitrogens with zero attached hydrogens (tertiary/aromatic N) is 1. The van der Waals surface area contributed by atoms with Gasteiger partial charge in [-0.3, -0.25) is 4.79 Å². The van der Waals surface area contributed by atoms with Crippen molar-refractivity contribution in [2.75, 3.05) is 6.54 Å². The number of carbonyl (C=O) groups excluding carboxylic acids is 1. The van der Waals surface area contributed by atoms with E-state index in [0.717, 1.165) is 49.8 Å². The Bertz CT molecular complexity index is 698. The van der Waals surface area contributed by atoms with Crippen LogP contribution in [0.4, 0.5) is 0 Å². The average molecular weight is 336 g/mol. The summed E-state index contributed by atoms with van der Waals surface area (Å²) >= 11 is 0. The SMILES string of the molecule is CCN(C(=O)c1ccccc1Cc1ccccc1)[C@@H]1CCC[C@H](N)C1. The monoisotopic (exact) mass is 336 g/mol. The zero-order valence-electron chi connectivity index (χ0n) is 15.0. The summed E-state index contributed by atoms with van der Waals surface area (Å²) < 4.78 is 0. The molecule has 1 aliphatic rings. The van der Waals surface area contributed by atoms with Crippen LogP contribution in [0.25, 0.3) is 0 Å². The van der Waals surface area contributed by atoms with Crippen LogP contribution in [0.2, 0.25) is 0 Å². The fourth-order valence-corrected chi connectivity index (χ4v) is 3.91. The molecule has 0 spiro atoms. The Morgan fingerprint density at radius 2 is 1.80 bits per heavy atom. The largest absolute Gasteiger partial charge is 0.336 e. The van der Waals surface area contributed by atoms with E-state index in [1.54, 1.807) is 0 Å². The van der Waals surface area contributed by atoms with Crippen LogP contribution >= 0.6 is 0 Å². The molecule has 0 aromatic heterocycles. The fourth-order valence-electron chi connectivity index (χ4n) is 3.91. The molecule has 1 saturated carbocycles. The van der Waals surface area contributed by atoms with E-state index < -0.39 is 0 Å². The van der Waals surface area contributed by atoms with Gasteiger partial charge in [0.2, 0.25) is 0 Å². The fraction of sp³-hybridized carbons (Fsp3) is 0.409. The van der Waals surface area contributed by atoms with Crippen LogP contribution in [0.5, 0.6) is 0 Å². The van der Waals surface area contributed by atoms with Gasteiger partial charge in [0.1, 0.15) is 0 Å². The minimum absolute atomic E-state index is 0.146. The molecule has 1 amide bonds. The lowest BCUT2D eigenvalue weighted by molar-refractivity contribution is 0.0637. The Balaban J connectivity index is 1.83. The molecule has 2 atom stereocenters. The molecule has 132 valence electrons. The summed E-state index contributed by atoms with van der Waals surface area (Å²) in [6, 6.07) is 18.8. The number of hydrogen-bond donors (Lipinski definition) is 1. The molecule has 3 nitrogen and oxygen atoms in total. The van der Waals surface area contributed by atoms with Gasteiger partial charge in [-0.2, -0.15) is 0 Å². The van der Waals surface area contributed by atoms with Crippen molar-refractivity contribution in [1.82, 2.24) is 4.90 Å². The molecule has 1 fully saturated rings. The number of benzene rings is 2. The van der Waals surface area contributed by atoms with Crippen molar-refractivity contribution in [2.24, 2.45) is 5.73 Å². The average Bonchev–Trinajstić information content (AvgIpc) is 2.64. The lowest BCUT2D eigenvalue weighted by atomic mass is 9.89. The summed E-state index contributed by atoms with van der Waals surface area (Å²) in [5, 5.41) is 0. The maximum absolute atomic E-state index is 13.3. The van der Waals surface area contributed by atoms with Crippen molar-refractivity contribution in [3.63, 3.8) is 0 Å². The van der Waals surface area contributed by atoms with Crippen LogP contribution in [0, 0.1) is 0 Å². The van der Waals surface area contributed by atoms with Gasteiger partial charge >= 0.3 is 0 Å². The summed E-state index contributed by atoms with van der Waals surface area (Å²) in [6.45, 7) is 2.80. The van der Waals surface area contributed by atoms with Crippen molar-refractivity contribution in [2.45, 2.75) is 51.1 Å². The molecule has 0 radical (unpaired) electrons. The second-order valence-electron chi connectivity index (χ2n) is 6.99. The standard InChI is InChI=1S/C22H28N2O/c1-2-24(20-13-8-12-19(23)16-20)22(25)21-14-7-6-11-18(21)15-17-9-4-3-5-10-17/h3-7,9-11,14,19-20H,2,8,12-13,15-16,23H2,1H3/t19-,20+/m0/s1. The first-order valence-corrected chi connectivity index (χ1v) is 9.37. The first-order chi connectivity index (χ1) is 12.2. The zero-order chi connectivity index (χ0) is 17.6. The summed E-state index contributed by atoms with van der Waals surface area (Å²) in [7, 11) is 0. The normalized spacial score (nSPS) is 20.2. The van der Waals surface area contributed by atoms with E-state index in [1.807, 2.05) is 41.3 Å². The van der Waals surface area contributed by atoms with E-state index in [1.165, 1.54) is 5.56 Å². The highest BCUT2D eigenvalue weighted by molar-refractivity contribution is 5.96. The van der Waals surface area contributed by atoms with Crippen molar-refractivity contribution in [3.05, 3.63) is 71.3 Å². The van der Waals surface area contributed by atoms with Crippen LogP contribution in [-0.2, 0) is 6.42 Å². The van der Waals surface area contributed by atoms with E-state index >= 15 is 0 Å². The van der Waals surface area contributed by atoms with Gasteiger partial charge in [0, 0.05) is 24.2 Å². The van der Waals surface area contributed by atoms with Gasteiger partial charge in [-0.05, 0) is 56.2 Å². The van der Waals surface area contributed by atoms with Crippen LogP contribution in [0.1, 0.15) is 54.1 Å². The molecule has 0 heterocycles. The third-order valence-corrected chi connectivity index (χ3v) is 5.21. The molecular formula is C22H28N2O. The van der Waals surface area contributed by atoms with Gasteiger partial charge in [-0.25, -0.2) is 0 Å². The topological polar surface area (TPSA) is 46.3 Å². The van der Waals surface area contributed by atoms with Crippen LogP contribution in [-0.4, -0.2) is 29.4 Å². The molecule has 2 aromatic carbocycles. The molecule has 25 heavy (non-hydrogen) atoms. The quantitative estimate of drug-likeness (QED) is 0.897. The smallest absolute Gasteiger partial charge is 0.254 e. The molecule has 0 bridgehead atoms. The Morgan fingerprint density at radius 1 is 1.08 bits per heavy atom. The van der Waals surface area contributed by atoms with Gasteiger partial charge < -0.3 is 10.6 Å². The highest BCUT2D eigenvalue weighted by atomic mass is 16.2. The summed E-state index contributed by atoms with van der Waals surface area (Å²) in [6.07, 6.45) is 4.95. The second kappa shape index (κ2) is 8.30. The first-order valence-electron chi connectivity index (χ1n) is 9.37. The Hall–Kier alpha value is -2.13. The Kier molecular flexibility index (Phi) is 5.87. The van der Waals surface area contributed by atoms with Crippen LogP contribution in [0.3, 0.4) is 0 Å². The molecule has 2 N–H and O–H groups in total. The van der Waals surface area contributed by atoms with Crippen LogP contribution in [0.15, 0.2) is 54.6 Å². The number of amides is 1. The van der Waals surface area contributed by atoms with E-state index in [2.05, 4.69) is 25.1 Å². The maximum Gasteiger partial charge on any atom is 0.254 e. The minimum Gasteiger partial charge on any atom is -0.336 e. The lowest BCUT2D eigenvalue weighted by Crippen LogP contribution is -2.45. The molecule has 0 aliphatic heterocycles. The molecule has 0 unspecified atom stereocenters. The van der Waals surface area contributed by atoms with Crippen molar-refractivity contribution < 1.29 is 4.79 Å². The number of carbonyl (C=O) groups is 1. The van der Waals surface area contributed by atoms with Gasteiger partial charge in [0.25, 0.3) is 5.91 Å². The van der Waals surface area contributed by atoms with Gasteiger partial charge in [0.15, 0.2) is 0 Å². The van der Waals surface area contributed by atoms with Gasteiger partial charge in [-0.15, -0.1) is 0 Å². The highest BCUT2D eigenvalue weighted by Crippen LogP contribution is 2.25. The lowest BCUT2D eigenvalue weighted by Gasteiger charge is -2.36. The van der Waals surface area contributed by atoms with Gasteiger partial charge in [0.05, 0.1) is 0 Å². The molecule has 0 saturated heterocycles. The second-order valence-corrected chi connectivity index (χ2v) is 6.99. The number of hydrogen-bond acceptors (Lipinski definition) is 2. The van der Waals surface area contributed by atoms with Crippen molar-refractivity contribution >= 4 is 5.91 Å². The first kappa shape index (κ1) is 17.7. The van der Waals surface area contributed by atoms with Crippen molar-refractivity contribution in [1.29, 1.82) is 0 Å². The predicted octanol–water partition coefficient (Wildman–Crippen LogP) is 4.01. The number of rotatable bonds is 5. The van der Waals surface area contributed by atoms with E-state index in [4.69, 9.17) is 5.73 Å². The molecular weight excluding hydrogens is 308 g/mol. The number of nitrogens with two attached hydrogens (primary N) is 1.